The summed E-state index contributed by atoms with van der Waals surface area (Å²) in [6.45, 7) is 1.58. The van der Waals surface area contributed by atoms with Crippen LogP contribution in [0.2, 0.25) is 0 Å². The molecular weight excluding hydrogens is 394 g/mol. The third kappa shape index (κ3) is 3.38. The van der Waals surface area contributed by atoms with Crippen LogP contribution in [0.5, 0.6) is 0 Å². The van der Waals surface area contributed by atoms with Crippen molar-refractivity contribution in [1.29, 1.82) is 0 Å². The third-order valence-corrected chi connectivity index (χ3v) is 7.43. The average Bonchev–Trinajstić information content (AvgIpc) is 3.40. The summed E-state index contributed by atoms with van der Waals surface area (Å²) in [4.78, 5) is 20.2. The summed E-state index contributed by atoms with van der Waals surface area (Å²) in [5, 5.41) is 2.54. The Hall–Kier alpha value is -3.14. The van der Waals surface area contributed by atoms with Crippen molar-refractivity contribution in [2.24, 2.45) is 0 Å². The number of hydrogen-bond acceptors (Lipinski definition) is 2. The Labute approximate surface area is 188 Å². The Morgan fingerprint density at radius 2 is 1.66 bits per heavy atom. The second-order valence-electron chi connectivity index (χ2n) is 9.42. The van der Waals surface area contributed by atoms with Crippen LogP contribution in [0.4, 0.5) is 0 Å². The molecule has 1 saturated heterocycles. The van der Waals surface area contributed by atoms with Crippen LogP contribution < -0.4 is 0 Å². The number of aromatic nitrogens is 2. The van der Waals surface area contributed by atoms with E-state index in [0.29, 0.717) is 18.4 Å². The molecule has 1 amide bonds. The minimum atomic E-state index is 0.159. The van der Waals surface area contributed by atoms with Crippen molar-refractivity contribution in [3.05, 3.63) is 78.1 Å². The van der Waals surface area contributed by atoms with Gasteiger partial charge in [-0.15, -0.1) is 0 Å². The smallest absolute Gasteiger partial charge is 0.223 e. The van der Waals surface area contributed by atoms with Crippen molar-refractivity contribution in [2.45, 2.75) is 57.0 Å². The summed E-state index contributed by atoms with van der Waals surface area (Å²) in [6.07, 6.45) is 6.70. The van der Waals surface area contributed by atoms with E-state index < -0.39 is 0 Å². The molecular formula is C28H29N3O. The van der Waals surface area contributed by atoms with Crippen LogP contribution in [-0.4, -0.2) is 32.9 Å². The van der Waals surface area contributed by atoms with Crippen LogP contribution in [0.25, 0.3) is 21.8 Å². The van der Waals surface area contributed by atoms with E-state index in [-0.39, 0.29) is 5.92 Å². The van der Waals surface area contributed by atoms with Gasteiger partial charge in [0.25, 0.3) is 0 Å². The highest BCUT2D eigenvalue weighted by atomic mass is 16.2. The molecule has 2 fully saturated rings. The van der Waals surface area contributed by atoms with Crippen molar-refractivity contribution in [3.8, 4) is 0 Å². The first-order chi connectivity index (χ1) is 15.8. The highest BCUT2D eigenvalue weighted by Gasteiger charge is 2.37. The molecule has 0 bridgehead atoms. The van der Waals surface area contributed by atoms with Gasteiger partial charge in [-0.2, -0.15) is 0 Å². The molecule has 1 atom stereocenters. The van der Waals surface area contributed by atoms with Gasteiger partial charge in [-0.05, 0) is 41.3 Å². The van der Waals surface area contributed by atoms with Crippen LogP contribution in [-0.2, 0) is 11.3 Å². The number of amides is 1. The molecule has 0 spiro atoms. The summed E-state index contributed by atoms with van der Waals surface area (Å²) < 4.78 is 2.36. The zero-order valence-electron chi connectivity index (χ0n) is 18.4. The third-order valence-electron chi connectivity index (χ3n) is 7.43. The summed E-state index contributed by atoms with van der Waals surface area (Å²) in [6, 6.07) is 23.9. The summed E-state index contributed by atoms with van der Waals surface area (Å²) in [7, 11) is 0. The number of para-hydroxylation sites is 2. The minimum absolute atomic E-state index is 0.159. The number of likely N-dealkylation sites (tertiary alicyclic amines) is 1. The Kier molecular flexibility index (Phi) is 4.94. The maximum atomic E-state index is 13.0. The first-order valence-corrected chi connectivity index (χ1v) is 12.0. The fourth-order valence-electron chi connectivity index (χ4n) is 5.82. The molecule has 0 radical (unpaired) electrons. The van der Waals surface area contributed by atoms with Crippen molar-refractivity contribution in [3.63, 3.8) is 0 Å². The predicted molar refractivity (Wildman–Crippen MR) is 129 cm³/mol. The maximum absolute atomic E-state index is 13.0. The van der Waals surface area contributed by atoms with E-state index in [2.05, 4.69) is 76.2 Å². The van der Waals surface area contributed by atoms with Gasteiger partial charge in [0.2, 0.25) is 5.91 Å². The molecule has 1 aliphatic heterocycles. The summed E-state index contributed by atoms with van der Waals surface area (Å²) in [5.74, 6) is 1.53. The minimum Gasteiger partial charge on any atom is -0.339 e. The topological polar surface area (TPSA) is 38.1 Å². The van der Waals surface area contributed by atoms with Crippen molar-refractivity contribution >= 4 is 27.7 Å². The molecule has 32 heavy (non-hydrogen) atoms. The molecule has 1 unspecified atom stereocenters. The zero-order chi connectivity index (χ0) is 21.5. The lowest BCUT2D eigenvalue weighted by Crippen LogP contribution is -2.37. The van der Waals surface area contributed by atoms with E-state index in [9.17, 15) is 4.79 Å². The zero-order valence-corrected chi connectivity index (χ0v) is 18.4. The monoisotopic (exact) mass is 423 g/mol. The molecule has 2 heterocycles. The molecule has 1 saturated carbocycles. The number of benzene rings is 3. The Bertz CT molecular complexity index is 1280. The van der Waals surface area contributed by atoms with Gasteiger partial charge in [-0.1, -0.05) is 73.9 Å². The van der Waals surface area contributed by atoms with E-state index in [4.69, 9.17) is 4.98 Å². The first kappa shape index (κ1) is 19.5. The SMILES string of the molecule is O=C1CC(c2nc3ccccc3n2Cc2cccc3ccccc23)CN1C1CCCCC1. The molecule has 1 aromatic heterocycles. The molecule has 3 aromatic carbocycles. The van der Waals surface area contributed by atoms with Gasteiger partial charge in [0.05, 0.1) is 11.0 Å². The van der Waals surface area contributed by atoms with Gasteiger partial charge < -0.3 is 9.47 Å². The molecule has 6 rings (SSSR count). The second kappa shape index (κ2) is 8.09. The first-order valence-electron chi connectivity index (χ1n) is 12.0. The quantitative estimate of drug-likeness (QED) is 0.411. The largest absolute Gasteiger partial charge is 0.339 e. The lowest BCUT2D eigenvalue weighted by Gasteiger charge is -2.31. The number of fused-ring (bicyclic) bond motifs is 2. The van der Waals surface area contributed by atoms with E-state index in [1.807, 2.05) is 0 Å². The standard InChI is InChI=1S/C28H29N3O/c32-27-17-22(19-30(27)23-12-2-1-3-13-23)28-29-25-15-6-7-16-26(25)31(28)18-21-11-8-10-20-9-4-5-14-24(20)21/h4-11,14-16,22-23H,1-3,12-13,17-19H2. The number of hydrogen-bond donors (Lipinski definition) is 0. The fraction of sp³-hybridized carbons (Fsp3) is 0.357. The Balaban J connectivity index is 1.39. The van der Waals surface area contributed by atoms with E-state index in [0.717, 1.165) is 42.8 Å². The van der Waals surface area contributed by atoms with Crippen LogP contribution in [0.1, 0.15) is 55.8 Å². The number of imidazole rings is 1. The average molecular weight is 424 g/mol. The van der Waals surface area contributed by atoms with Crippen molar-refractivity contribution in [2.75, 3.05) is 6.54 Å². The predicted octanol–water partition coefficient (Wildman–Crippen LogP) is 5.89. The lowest BCUT2D eigenvalue weighted by atomic mass is 9.94. The molecule has 4 heteroatoms. The second-order valence-corrected chi connectivity index (χ2v) is 9.42. The van der Waals surface area contributed by atoms with E-state index in [1.165, 1.54) is 35.6 Å². The number of nitrogens with zero attached hydrogens (tertiary/aromatic N) is 3. The van der Waals surface area contributed by atoms with E-state index in [1.54, 1.807) is 0 Å². The van der Waals surface area contributed by atoms with Crippen LogP contribution >= 0.6 is 0 Å². The number of carbonyl (C=O) groups is 1. The number of carbonyl (C=O) groups excluding carboxylic acids is 1. The highest BCUT2D eigenvalue weighted by molar-refractivity contribution is 5.86. The van der Waals surface area contributed by atoms with Gasteiger partial charge in [0.1, 0.15) is 5.82 Å². The highest BCUT2D eigenvalue weighted by Crippen LogP contribution is 2.35. The lowest BCUT2D eigenvalue weighted by molar-refractivity contribution is -0.130. The normalized spacial score (nSPS) is 19.9. The molecule has 1 aliphatic carbocycles. The molecule has 2 aliphatic rings. The van der Waals surface area contributed by atoms with Gasteiger partial charge in [-0.25, -0.2) is 4.98 Å². The Morgan fingerprint density at radius 1 is 0.875 bits per heavy atom. The van der Waals surface area contributed by atoms with Crippen LogP contribution in [0.3, 0.4) is 0 Å². The molecule has 4 nitrogen and oxygen atoms in total. The van der Waals surface area contributed by atoms with Gasteiger partial charge in [0.15, 0.2) is 0 Å². The maximum Gasteiger partial charge on any atom is 0.223 e. The molecule has 0 N–H and O–H groups in total. The fourth-order valence-corrected chi connectivity index (χ4v) is 5.82. The summed E-state index contributed by atoms with van der Waals surface area (Å²) in [5.41, 5.74) is 3.46. The number of rotatable bonds is 4. The summed E-state index contributed by atoms with van der Waals surface area (Å²) >= 11 is 0. The van der Waals surface area contributed by atoms with E-state index >= 15 is 0 Å². The van der Waals surface area contributed by atoms with Crippen LogP contribution in [0, 0.1) is 0 Å². The van der Waals surface area contributed by atoms with Gasteiger partial charge in [-0.3, -0.25) is 4.79 Å². The molecule has 4 aromatic rings. The molecule has 162 valence electrons. The van der Waals surface area contributed by atoms with Gasteiger partial charge >= 0.3 is 0 Å². The van der Waals surface area contributed by atoms with Crippen LogP contribution in [0.15, 0.2) is 66.7 Å². The van der Waals surface area contributed by atoms with Gasteiger partial charge in [0, 0.05) is 31.5 Å². The van der Waals surface area contributed by atoms with Crippen molar-refractivity contribution < 1.29 is 4.79 Å². The Morgan fingerprint density at radius 3 is 2.56 bits per heavy atom. The van der Waals surface area contributed by atoms with Crippen molar-refractivity contribution in [1.82, 2.24) is 14.5 Å².